The molecule has 2 fully saturated rings. The van der Waals surface area contributed by atoms with Crippen LogP contribution in [-0.2, 0) is 10.0 Å². The molecule has 6 heteroatoms. The Hall–Kier alpha value is -0.430. The molecule has 2 aliphatic rings. The van der Waals surface area contributed by atoms with Crippen molar-refractivity contribution in [3.05, 3.63) is 17.5 Å². The van der Waals surface area contributed by atoms with Gasteiger partial charge in [0.15, 0.2) is 0 Å². The number of β-amino-alcohol motifs (C(OH)–C–C–N with tert-alkyl or cyclic N) is 1. The summed E-state index contributed by atoms with van der Waals surface area (Å²) in [4.78, 5) is 0. The second-order valence-corrected chi connectivity index (χ2v) is 7.70. The molecule has 0 aromatic carbocycles. The van der Waals surface area contributed by atoms with E-state index >= 15 is 0 Å². The Morgan fingerprint density at radius 1 is 1.44 bits per heavy atom. The van der Waals surface area contributed by atoms with Crippen molar-refractivity contribution >= 4 is 21.4 Å². The molecule has 0 unspecified atom stereocenters. The average Bonchev–Trinajstić information content (AvgIpc) is 2.88. The molecule has 1 aliphatic heterocycles. The van der Waals surface area contributed by atoms with Gasteiger partial charge in [-0.15, -0.1) is 11.3 Å². The summed E-state index contributed by atoms with van der Waals surface area (Å²) in [6.07, 6.45) is 2.06. The number of thiophene rings is 1. The lowest BCUT2D eigenvalue weighted by Crippen LogP contribution is -2.64. The normalized spacial score (nSPS) is 25.3. The summed E-state index contributed by atoms with van der Waals surface area (Å²) in [5.74, 6) is 0.322. The van der Waals surface area contributed by atoms with Crippen molar-refractivity contribution in [1.82, 2.24) is 4.31 Å². The number of rotatable bonds is 3. The first-order valence-corrected chi connectivity index (χ1v) is 7.60. The van der Waals surface area contributed by atoms with Gasteiger partial charge >= 0.3 is 0 Å². The van der Waals surface area contributed by atoms with Crippen LogP contribution in [0.15, 0.2) is 21.7 Å². The number of aliphatic hydroxyl groups is 1. The van der Waals surface area contributed by atoms with E-state index in [-0.39, 0.29) is 13.1 Å². The zero-order valence-corrected chi connectivity index (χ0v) is 10.3. The fourth-order valence-electron chi connectivity index (χ4n) is 2.15. The summed E-state index contributed by atoms with van der Waals surface area (Å²) in [6, 6.07) is 3.33. The molecule has 3 rings (SSSR count). The van der Waals surface area contributed by atoms with Crippen LogP contribution in [0.25, 0.3) is 0 Å². The monoisotopic (exact) mass is 259 g/mol. The van der Waals surface area contributed by atoms with Crippen molar-refractivity contribution in [3.8, 4) is 0 Å². The lowest BCUT2D eigenvalue weighted by atomic mass is 9.91. The molecule has 0 bridgehead atoms. The fourth-order valence-corrected chi connectivity index (χ4v) is 4.86. The van der Waals surface area contributed by atoms with E-state index in [1.165, 1.54) is 15.6 Å². The minimum Gasteiger partial charge on any atom is -0.387 e. The molecular weight excluding hydrogens is 246 g/mol. The number of nitrogens with zero attached hydrogens (tertiary/aromatic N) is 1. The van der Waals surface area contributed by atoms with Gasteiger partial charge in [-0.05, 0) is 30.2 Å². The highest BCUT2D eigenvalue weighted by Gasteiger charge is 2.55. The van der Waals surface area contributed by atoms with Crippen LogP contribution in [0.2, 0.25) is 0 Å². The van der Waals surface area contributed by atoms with E-state index in [0.717, 1.165) is 12.8 Å². The first-order chi connectivity index (χ1) is 7.52. The molecule has 1 saturated heterocycles. The summed E-state index contributed by atoms with van der Waals surface area (Å²) < 4.78 is 25.8. The smallest absolute Gasteiger partial charge is 0.252 e. The average molecular weight is 259 g/mol. The summed E-state index contributed by atoms with van der Waals surface area (Å²) in [7, 11) is -3.34. The van der Waals surface area contributed by atoms with E-state index in [1.807, 2.05) is 0 Å². The topological polar surface area (TPSA) is 57.6 Å². The highest BCUT2D eigenvalue weighted by atomic mass is 32.2. The van der Waals surface area contributed by atoms with Gasteiger partial charge in [0.1, 0.15) is 4.21 Å². The van der Waals surface area contributed by atoms with Gasteiger partial charge in [0.05, 0.1) is 5.60 Å². The van der Waals surface area contributed by atoms with Crippen molar-refractivity contribution in [2.24, 2.45) is 5.92 Å². The minimum atomic E-state index is -3.34. The van der Waals surface area contributed by atoms with Crippen molar-refractivity contribution in [2.45, 2.75) is 22.7 Å². The van der Waals surface area contributed by atoms with Crippen LogP contribution in [-0.4, -0.2) is 36.5 Å². The van der Waals surface area contributed by atoms with Crippen LogP contribution in [0.1, 0.15) is 12.8 Å². The fraction of sp³-hybridized carbons (Fsp3) is 0.600. The third-order valence-corrected chi connectivity index (χ3v) is 6.49. The predicted molar refractivity (Wildman–Crippen MR) is 60.8 cm³/mol. The van der Waals surface area contributed by atoms with Gasteiger partial charge in [0, 0.05) is 13.1 Å². The Morgan fingerprint density at radius 2 is 2.12 bits per heavy atom. The van der Waals surface area contributed by atoms with E-state index < -0.39 is 15.6 Å². The van der Waals surface area contributed by atoms with Crippen LogP contribution >= 0.6 is 11.3 Å². The summed E-state index contributed by atoms with van der Waals surface area (Å²) >= 11 is 1.22. The summed E-state index contributed by atoms with van der Waals surface area (Å²) in [5, 5.41) is 11.8. The number of hydrogen-bond donors (Lipinski definition) is 1. The molecule has 1 aromatic heterocycles. The molecule has 0 amide bonds. The molecule has 1 aliphatic carbocycles. The van der Waals surface area contributed by atoms with Gasteiger partial charge < -0.3 is 5.11 Å². The first kappa shape index (κ1) is 10.7. The zero-order valence-electron chi connectivity index (χ0n) is 8.67. The van der Waals surface area contributed by atoms with Crippen LogP contribution in [0.4, 0.5) is 0 Å². The van der Waals surface area contributed by atoms with E-state index in [1.54, 1.807) is 17.5 Å². The molecule has 0 spiro atoms. The molecule has 0 atom stereocenters. The highest BCUT2D eigenvalue weighted by molar-refractivity contribution is 7.91. The molecule has 88 valence electrons. The lowest BCUT2D eigenvalue weighted by molar-refractivity contribution is -0.0764. The molecule has 1 N–H and O–H groups in total. The highest BCUT2D eigenvalue weighted by Crippen LogP contribution is 2.46. The third kappa shape index (κ3) is 1.52. The molecule has 4 nitrogen and oxygen atoms in total. The van der Waals surface area contributed by atoms with Crippen LogP contribution in [0, 0.1) is 5.92 Å². The molecular formula is C10H13NO3S2. The van der Waals surface area contributed by atoms with Gasteiger partial charge in [0.2, 0.25) is 0 Å². The van der Waals surface area contributed by atoms with Crippen LogP contribution in [0.5, 0.6) is 0 Å². The SMILES string of the molecule is O=S(=O)(c1cccs1)N1CC(O)(C2CC2)C1. The largest absolute Gasteiger partial charge is 0.387 e. The Labute approximate surface area is 98.6 Å². The first-order valence-electron chi connectivity index (χ1n) is 5.28. The van der Waals surface area contributed by atoms with Gasteiger partial charge in [-0.2, -0.15) is 4.31 Å². The molecule has 1 aromatic rings. The molecule has 1 saturated carbocycles. The maximum Gasteiger partial charge on any atom is 0.252 e. The Bertz CT molecular complexity index is 484. The lowest BCUT2D eigenvalue weighted by Gasteiger charge is -2.45. The quantitative estimate of drug-likeness (QED) is 0.877. The van der Waals surface area contributed by atoms with E-state index in [0.29, 0.717) is 10.1 Å². The van der Waals surface area contributed by atoms with E-state index in [9.17, 15) is 13.5 Å². The zero-order chi connectivity index (χ0) is 11.4. The Balaban J connectivity index is 1.77. The van der Waals surface area contributed by atoms with Crippen LogP contribution in [0.3, 0.4) is 0 Å². The van der Waals surface area contributed by atoms with Crippen molar-refractivity contribution in [1.29, 1.82) is 0 Å². The molecule has 2 heterocycles. The number of hydrogen-bond acceptors (Lipinski definition) is 4. The van der Waals surface area contributed by atoms with Gasteiger partial charge in [-0.1, -0.05) is 6.07 Å². The van der Waals surface area contributed by atoms with E-state index in [4.69, 9.17) is 0 Å². The predicted octanol–water partition coefficient (Wildman–Crippen LogP) is 0.894. The van der Waals surface area contributed by atoms with Crippen molar-refractivity contribution in [2.75, 3.05) is 13.1 Å². The maximum absolute atomic E-state index is 12.0. The third-order valence-electron chi connectivity index (χ3n) is 3.33. The minimum absolute atomic E-state index is 0.262. The van der Waals surface area contributed by atoms with Crippen molar-refractivity contribution < 1.29 is 13.5 Å². The van der Waals surface area contributed by atoms with Gasteiger partial charge in [0.25, 0.3) is 10.0 Å². The van der Waals surface area contributed by atoms with Gasteiger partial charge in [-0.25, -0.2) is 8.42 Å². The summed E-state index contributed by atoms with van der Waals surface area (Å²) in [5.41, 5.74) is -0.746. The molecule has 0 radical (unpaired) electrons. The molecule has 16 heavy (non-hydrogen) atoms. The number of sulfonamides is 1. The van der Waals surface area contributed by atoms with Gasteiger partial charge in [-0.3, -0.25) is 0 Å². The standard InChI is InChI=1S/C10H13NO3S2/c12-10(8-3-4-8)6-11(7-10)16(13,14)9-2-1-5-15-9/h1-2,5,8,12H,3-4,6-7H2. The maximum atomic E-state index is 12.0. The second kappa shape index (κ2) is 3.29. The van der Waals surface area contributed by atoms with E-state index in [2.05, 4.69) is 0 Å². The second-order valence-electron chi connectivity index (χ2n) is 4.58. The Morgan fingerprint density at radius 3 is 2.62 bits per heavy atom. The van der Waals surface area contributed by atoms with Crippen LogP contribution < -0.4 is 0 Å². The van der Waals surface area contributed by atoms with Crippen molar-refractivity contribution in [3.63, 3.8) is 0 Å². The Kier molecular flexibility index (Phi) is 2.20. The summed E-state index contributed by atoms with van der Waals surface area (Å²) in [6.45, 7) is 0.524.